The van der Waals surface area contributed by atoms with E-state index in [0.717, 1.165) is 40.5 Å². The molecule has 0 saturated carbocycles. The summed E-state index contributed by atoms with van der Waals surface area (Å²) >= 11 is 6.12. The lowest BCUT2D eigenvalue weighted by atomic mass is 10.0. The van der Waals surface area contributed by atoms with Gasteiger partial charge in [-0.25, -0.2) is 0 Å². The molecule has 0 amide bonds. The fraction of sp³-hybridized carbons (Fsp3) is 0.296. The van der Waals surface area contributed by atoms with Crippen molar-refractivity contribution in [1.82, 2.24) is 5.32 Å². The molecular weight excluding hydrogens is 473 g/mol. The molecule has 0 radical (unpaired) electrons. The van der Waals surface area contributed by atoms with Crippen LogP contribution in [0.15, 0.2) is 71.7 Å². The minimum atomic E-state index is -4.28. The second-order valence-corrected chi connectivity index (χ2v) is 7.67. The highest BCUT2D eigenvalue weighted by atomic mass is 35.5. The van der Waals surface area contributed by atoms with Gasteiger partial charge in [-0.05, 0) is 53.9 Å². The summed E-state index contributed by atoms with van der Waals surface area (Å²) < 4.78 is 36.9. The number of nitrogen functional groups attached to an aromatic ring is 2. The van der Waals surface area contributed by atoms with Crippen LogP contribution in [0.25, 0.3) is 0 Å². The van der Waals surface area contributed by atoms with Gasteiger partial charge >= 0.3 is 6.18 Å². The Morgan fingerprint density at radius 1 is 0.914 bits per heavy atom. The second-order valence-electron chi connectivity index (χ2n) is 7.27. The fourth-order valence-electron chi connectivity index (χ4n) is 3.10. The predicted octanol–water partition coefficient (Wildman–Crippen LogP) is 7.35. The number of nitrogens with zero attached hydrogens (tertiary/aromatic N) is 1. The van der Waals surface area contributed by atoms with Crippen molar-refractivity contribution >= 4 is 28.8 Å². The van der Waals surface area contributed by atoms with Crippen molar-refractivity contribution in [2.24, 2.45) is 4.99 Å². The molecule has 0 aliphatic carbocycles. The normalized spacial score (nSPS) is 11.0. The first kappa shape index (κ1) is 29.8. The number of halogens is 4. The van der Waals surface area contributed by atoms with Crippen LogP contribution in [0.3, 0.4) is 0 Å². The van der Waals surface area contributed by atoms with Crippen LogP contribution in [0.1, 0.15) is 49.4 Å². The quantitative estimate of drug-likeness (QED) is 0.192. The van der Waals surface area contributed by atoms with Crippen LogP contribution >= 0.6 is 11.6 Å². The van der Waals surface area contributed by atoms with Crippen LogP contribution < -0.4 is 16.8 Å². The van der Waals surface area contributed by atoms with Crippen LogP contribution in [0, 0.1) is 0 Å². The molecule has 0 saturated heterocycles. The zero-order chi connectivity index (χ0) is 26.4. The van der Waals surface area contributed by atoms with Gasteiger partial charge in [0.25, 0.3) is 0 Å². The third kappa shape index (κ3) is 9.53. The first-order valence-electron chi connectivity index (χ1n) is 11.4. The number of hydrogen-bond acceptors (Lipinski definition) is 3. The van der Waals surface area contributed by atoms with Gasteiger partial charge < -0.3 is 16.8 Å². The van der Waals surface area contributed by atoms with Gasteiger partial charge in [-0.15, -0.1) is 0 Å². The minimum Gasteiger partial charge on any atom is -0.399 e. The Labute approximate surface area is 211 Å². The average molecular weight is 507 g/mol. The van der Waals surface area contributed by atoms with E-state index in [1.165, 1.54) is 6.07 Å². The number of anilines is 2. The maximum Gasteiger partial charge on any atom is 0.416 e. The Morgan fingerprint density at radius 2 is 1.54 bits per heavy atom. The van der Waals surface area contributed by atoms with Crippen molar-refractivity contribution < 1.29 is 13.2 Å². The molecule has 3 rings (SSSR count). The summed E-state index contributed by atoms with van der Waals surface area (Å²) in [6.45, 7) is 6.51. The van der Waals surface area contributed by atoms with E-state index in [1.54, 1.807) is 7.05 Å². The highest BCUT2D eigenvalue weighted by Crippen LogP contribution is 2.31. The lowest BCUT2D eigenvalue weighted by molar-refractivity contribution is -0.137. The Bertz CT molecular complexity index is 1080. The Hall–Kier alpha value is -3.19. The number of benzene rings is 3. The Balaban J connectivity index is 0.000000341. The van der Waals surface area contributed by atoms with Crippen molar-refractivity contribution in [2.45, 2.75) is 46.3 Å². The topological polar surface area (TPSA) is 76.4 Å². The van der Waals surface area contributed by atoms with Gasteiger partial charge in [0.15, 0.2) is 0 Å². The van der Waals surface area contributed by atoms with E-state index in [-0.39, 0.29) is 0 Å². The summed E-state index contributed by atoms with van der Waals surface area (Å²) in [5, 5.41) is 4.01. The second kappa shape index (κ2) is 14.9. The summed E-state index contributed by atoms with van der Waals surface area (Å²) in [4.78, 5) is 4.25. The van der Waals surface area contributed by atoms with Crippen LogP contribution in [-0.4, -0.2) is 12.9 Å². The van der Waals surface area contributed by atoms with Crippen molar-refractivity contribution in [2.75, 3.05) is 18.5 Å². The van der Waals surface area contributed by atoms with Gasteiger partial charge in [-0.2, -0.15) is 13.2 Å². The highest BCUT2D eigenvalue weighted by molar-refractivity contribution is 6.31. The zero-order valence-electron chi connectivity index (χ0n) is 20.6. The molecule has 5 N–H and O–H groups in total. The first-order valence-corrected chi connectivity index (χ1v) is 11.8. The van der Waals surface area contributed by atoms with E-state index in [1.807, 2.05) is 69.3 Å². The minimum absolute atomic E-state index is 0.430. The molecule has 0 aromatic heterocycles. The zero-order valence-corrected chi connectivity index (χ0v) is 21.3. The molecular formula is C27H34ClF3N4. The number of alkyl halides is 3. The molecule has 0 aliphatic rings. The van der Waals surface area contributed by atoms with Crippen LogP contribution in [0.4, 0.5) is 24.5 Å². The van der Waals surface area contributed by atoms with E-state index in [0.29, 0.717) is 29.9 Å². The van der Waals surface area contributed by atoms with Gasteiger partial charge in [0.2, 0.25) is 0 Å². The van der Waals surface area contributed by atoms with Crippen LogP contribution in [0.2, 0.25) is 5.02 Å². The highest BCUT2D eigenvalue weighted by Gasteiger charge is 2.30. The summed E-state index contributed by atoms with van der Waals surface area (Å²) in [6.07, 6.45) is -2.92. The van der Waals surface area contributed by atoms with Crippen molar-refractivity contribution in [3.05, 3.63) is 94.0 Å². The molecule has 0 fully saturated rings. The number of rotatable bonds is 5. The van der Waals surface area contributed by atoms with Gasteiger partial charge in [-0.1, -0.05) is 69.1 Å². The molecule has 8 heteroatoms. The van der Waals surface area contributed by atoms with E-state index in [4.69, 9.17) is 23.1 Å². The molecule has 3 aromatic rings. The Kier molecular flexibility index (Phi) is 12.7. The lowest BCUT2D eigenvalue weighted by Gasteiger charge is -2.12. The van der Waals surface area contributed by atoms with Crippen LogP contribution in [-0.2, 0) is 19.1 Å². The first-order chi connectivity index (χ1) is 16.7. The molecule has 0 heterocycles. The summed E-state index contributed by atoms with van der Waals surface area (Å²) in [7, 11) is 1.74. The smallest absolute Gasteiger partial charge is 0.399 e. The maximum atomic E-state index is 12.3. The number of nitrogens with two attached hydrogens (primary N) is 2. The van der Waals surface area contributed by atoms with Crippen molar-refractivity contribution in [3.8, 4) is 0 Å². The standard InChI is InChI=1S/C15H16ClN3.C10H12F3N.C2H6/c1-18-15(12-7-3-5-9-14(12)17)19-10-11-6-2-4-8-13(11)16;1-2-3-7-6-8(10(11,12)13)4-5-9(7)14;1-2/h2-9H,10,17H2,1H3,(H,18,19);4-6H,2-3,14H2,1H3;1-2H3. The van der Waals surface area contributed by atoms with Crippen LogP contribution in [0.5, 0.6) is 0 Å². The van der Waals surface area contributed by atoms with E-state index in [9.17, 15) is 13.2 Å². The average Bonchev–Trinajstić information content (AvgIpc) is 2.84. The van der Waals surface area contributed by atoms with Gasteiger partial charge in [0.1, 0.15) is 5.84 Å². The van der Waals surface area contributed by atoms with E-state index < -0.39 is 11.7 Å². The third-order valence-electron chi connectivity index (χ3n) is 4.83. The number of amidine groups is 1. The molecule has 0 aliphatic heterocycles. The number of hydrogen-bond donors (Lipinski definition) is 3. The van der Waals surface area contributed by atoms with Gasteiger partial charge in [0, 0.05) is 35.6 Å². The SMILES string of the molecule is CC.CCCc1cc(C(F)(F)F)ccc1N.CN=C(NCc1ccccc1Cl)c1ccccc1N. The van der Waals surface area contributed by atoms with Crippen molar-refractivity contribution in [1.29, 1.82) is 0 Å². The van der Waals surface area contributed by atoms with E-state index in [2.05, 4.69) is 10.3 Å². The summed E-state index contributed by atoms with van der Waals surface area (Å²) in [5.41, 5.74) is 14.5. The molecule has 4 nitrogen and oxygen atoms in total. The monoisotopic (exact) mass is 506 g/mol. The predicted molar refractivity (Wildman–Crippen MR) is 143 cm³/mol. The fourth-order valence-corrected chi connectivity index (χ4v) is 3.30. The lowest BCUT2D eigenvalue weighted by Crippen LogP contribution is -2.25. The third-order valence-corrected chi connectivity index (χ3v) is 5.20. The molecule has 0 atom stereocenters. The molecule has 0 bridgehead atoms. The number of aryl methyl sites for hydroxylation is 1. The molecule has 3 aromatic carbocycles. The number of nitrogens with one attached hydrogen (secondary N) is 1. The summed E-state index contributed by atoms with van der Waals surface area (Å²) in [5.74, 6) is 0.762. The Morgan fingerprint density at radius 3 is 2.11 bits per heavy atom. The largest absolute Gasteiger partial charge is 0.416 e. The molecule has 0 unspecified atom stereocenters. The summed E-state index contributed by atoms with van der Waals surface area (Å²) in [6, 6.07) is 18.8. The van der Waals surface area contributed by atoms with Crippen molar-refractivity contribution in [3.63, 3.8) is 0 Å². The van der Waals surface area contributed by atoms with Gasteiger partial charge in [0.05, 0.1) is 5.56 Å². The number of aliphatic imine (C=N–C) groups is 1. The van der Waals surface area contributed by atoms with Gasteiger partial charge in [-0.3, -0.25) is 4.99 Å². The maximum absolute atomic E-state index is 12.3. The van der Waals surface area contributed by atoms with E-state index >= 15 is 0 Å². The number of para-hydroxylation sites is 1. The molecule has 35 heavy (non-hydrogen) atoms. The molecule has 0 spiro atoms. The molecule has 190 valence electrons.